The number of ketones is 1. The monoisotopic (exact) mass is 246 g/mol. The quantitative estimate of drug-likeness (QED) is 0.611. The van der Waals surface area contributed by atoms with Gasteiger partial charge in [-0.1, -0.05) is 24.3 Å². The molecule has 1 aromatic rings. The molecule has 4 rings (SSSR count). The predicted octanol–water partition coefficient (Wildman–Crippen LogP) is 3.33. The number of para-hydroxylation sites is 1. The fourth-order valence-corrected chi connectivity index (χ4v) is 2.63. The van der Waals surface area contributed by atoms with Crippen LogP contribution in [0.4, 0.5) is 0 Å². The summed E-state index contributed by atoms with van der Waals surface area (Å²) in [5, 5.41) is 1.07. The van der Waals surface area contributed by atoms with E-state index in [1.165, 1.54) is 0 Å². The standard InChI is InChI=1S/C16H10N2O/c19-14-7-3-6-13-15(14)16-11(8-9-17-13)10-4-1-2-5-12(10)18-16/h1-6,8-9H,7H2. The number of carbonyl (C=O) groups is 1. The van der Waals surface area contributed by atoms with Crippen molar-refractivity contribution in [3.63, 3.8) is 0 Å². The van der Waals surface area contributed by atoms with Gasteiger partial charge in [-0.05, 0) is 18.2 Å². The maximum Gasteiger partial charge on any atom is 0.171 e. The van der Waals surface area contributed by atoms with Crippen molar-refractivity contribution in [1.29, 1.82) is 0 Å². The Morgan fingerprint density at radius 1 is 1.11 bits per heavy atom. The molecule has 1 aliphatic carbocycles. The molecule has 3 heteroatoms. The molecule has 0 atom stereocenters. The van der Waals surface area contributed by atoms with Crippen LogP contribution in [0.1, 0.15) is 22.5 Å². The molecule has 0 unspecified atom stereocenters. The normalized spacial score (nSPS) is 14.0. The molecule has 2 aliphatic heterocycles. The van der Waals surface area contributed by atoms with E-state index in [4.69, 9.17) is 0 Å². The van der Waals surface area contributed by atoms with Crippen molar-refractivity contribution in [2.45, 2.75) is 6.42 Å². The first-order valence-corrected chi connectivity index (χ1v) is 6.22. The molecule has 0 amide bonds. The fourth-order valence-electron chi connectivity index (χ4n) is 2.63. The maximum atomic E-state index is 12.2. The molecule has 3 aliphatic rings. The zero-order chi connectivity index (χ0) is 12.8. The van der Waals surface area contributed by atoms with Gasteiger partial charge in [0.1, 0.15) is 0 Å². The Kier molecular flexibility index (Phi) is 2.03. The molecule has 3 nitrogen and oxygen atoms in total. The molecule has 0 N–H and O–H groups in total. The van der Waals surface area contributed by atoms with E-state index in [0.29, 0.717) is 17.7 Å². The lowest BCUT2D eigenvalue weighted by atomic mass is 9.97. The lowest BCUT2D eigenvalue weighted by Crippen LogP contribution is -2.06. The number of hydrogen-bond acceptors (Lipinski definition) is 3. The Morgan fingerprint density at radius 3 is 2.95 bits per heavy atom. The number of allylic oxidation sites excluding steroid dienone is 1. The van der Waals surface area contributed by atoms with Gasteiger partial charge in [0, 0.05) is 23.6 Å². The molecule has 0 fully saturated rings. The highest BCUT2D eigenvalue weighted by molar-refractivity contribution is 6.10. The van der Waals surface area contributed by atoms with Crippen LogP contribution in [0.5, 0.6) is 0 Å². The van der Waals surface area contributed by atoms with Crippen molar-refractivity contribution in [2.24, 2.45) is 0 Å². The van der Waals surface area contributed by atoms with Crippen molar-refractivity contribution >= 4 is 22.8 Å². The summed E-state index contributed by atoms with van der Waals surface area (Å²) in [5.41, 5.74) is 4.05. The van der Waals surface area contributed by atoms with Crippen molar-refractivity contribution in [3.8, 4) is 11.3 Å². The van der Waals surface area contributed by atoms with Gasteiger partial charge in [-0.3, -0.25) is 9.78 Å². The smallest absolute Gasteiger partial charge is 0.171 e. The highest BCUT2D eigenvalue weighted by atomic mass is 16.1. The second-order valence-electron chi connectivity index (χ2n) is 4.63. The third kappa shape index (κ3) is 1.41. The van der Waals surface area contributed by atoms with E-state index in [1.54, 1.807) is 6.20 Å². The van der Waals surface area contributed by atoms with Crippen molar-refractivity contribution < 1.29 is 4.79 Å². The third-order valence-electron chi connectivity index (χ3n) is 3.49. The van der Waals surface area contributed by atoms with E-state index in [1.807, 2.05) is 42.5 Å². The molecule has 0 bridgehead atoms. The highest BCUT2D eigenvalue weighted by Gasteiger charge is 2.23. The van der Waals surface area contributed by atoms with Crippen LogP contribution in [-0.2, 0) is 0 Å². The minimum absolute atomic E-state index is 0.0917. The Hall–Kier alpha value is -2.55. The average Bonchev–Trinajstić information content (AvgIpc) is 2.67. The van der Waals surface area contributed by atoms with Crippen molar-refractivity contribution in [3.05, 3.63) is 53.9 Å². The first kappa shape index (κ1) is 10.4. The summed E-state index contributed by atoms with van der Waals surface area (Å²) in [7, 11) is 0. The van der Waals surface area contributed by atoms with Gasteiger partial charge in [-0.2, -0.15) is 0 Å². The van der Waals surface area contributed by atoms with E-state index in [2.05, 4.69) is 9.97 Å². The molecule has 0 aromatic heterocycles. The highest BCUT2D eigenvalue weighted by Crippen LogP contribution is 2.35. The summed E-state index contributed by atoms with van der Waals surface area (Å²) in [6.45, 7) is 0. The lowest BCUT2D eigenvalue weighted by Gasteiger charge is -2.07. The molecule has 0 spiro atoms. The number of hydrogen-bond donors (Lipinski definition) is 0. The third-order valence-corrected chi connectivity index (χ3v) is 3.49. The molecule has 1 aromatic carbocycles. The van der Waals surface area contributed by atoms with E-state index in [9.17, 15) is 4.79 Å². The van der Waals surface area contributed by atoms with Gasteiger partial charge >= 0.3 is 0 Å². The first-order valence-electron chi connectivity index (χ1n) is 6.22. The molecule has 19 heavy (non-hydrogen) atoms. The van der Waals surface area contributed by atoms with Crippen LogP contribution >= 0.6 is 0 Å². The Bertz CT molecular complexity index is 820. The molecule has 0 saturated carbocycles. The summed E-state index contributed by atoms with van der Waals surface area (Å²) in [6.07, 6.45) is 5.93. The van der Waals surface area contributed by atoms with Crippen LogP contribution in [0.15, 0.2) is 42.6 Å². The van der Waals surface area contributed by atoms with Gasteiger partial charge in [0.2, 0.25) is 0 Å². The number of carbonyl (C=O) groups excluding carboxylic acids is 1. The number of Topliss-reactive ketones (excluding diaryl/α,β-unsaturated/α-hetero) is 1. The zero-order valence-corrected chi connectivity index (χ0v) is 10.1. The van der Waals surface area contributed by atoms with E-state index in [-0.39, 0.29) is 5.78 Å². The van der Waals surface area contributed by atoms with E-state index >= 15 is 0 Å². The Labute approximate surface area is 110 Å². The number of fused-ring (bicyclic) bond motifs is 5. The summed E-state index contributed by atoms with van der Waals surface area (Å²) in [6, 6.07) is 9.88. The van der Waals surface area contributed by atoms with Crippen LogP contribution in [0.25, 0.3) is 28.2 Å². The summed E-state index contributed by atoms with van der Waals surface area (Å²) >= 11 is 0. The molecular formula is C16H10N2O. The van der Waals surface area contributed by atoms with Gasteiger partial charge in [-0.25, -0.2) is 4.98 Å². The molecule has 90 valence electrons. The molecule has 0 radical (unpaired) electrons. The van der Waals surface area contributed by atoms with Crippen LogP contribution < -0.4 is 0 Å². The second kappa shape index (κ2) is 3.72. The second-order valence-corrected chi connectivity index (χ2v) is 4.63. The number of nitrogens with zero attached hydrogens (tertiary/aromatic N) is 2. The van der Waals surface area contributed by atoms with Gasteiger partial charge in [-0.15, -0.1) is 0 Å². The van der Waals surface area contributed by atoms with Crippen LogP contribution in [0, 0.1) is 0 Å². The first-order chi connectivity index (χ1) is 9.34. The van der Waals surface area contributed by atoms with Crippen LogP contribution in [-0.4, -0.2) is 15.8 Å². The summed E-state index contributed by atoms with van der Waals surface area (Å²) < 4.78 is 0. The topological polar surface area (TPSA) is 42.9 Å². The predicted molar refractivity (Wildman–Crippen MR) is 74.1 cm³/mol. The maximum absolute atomic E-state index is 12.2. The Morgan fingerprint density at radius 2 is 2.00 bits per heavy atom. The molecule has 0 saturated heterocycles. The van der Waals surface area contributed by atoms with E-state index in [0.717, 1.165) is 22.2 Å². The largest absolute Gasteiger partial charge is 0.294 e. The zero-order valence-electron chi connectivity index (χ0n) is 10.1. The van der Waals surface area contributed by atoms with Crippen LogP contribution in [0.2, 0.25) is 0 Å². The number of benzene rings is 1. The van der Waals surface area contributed by atoms with Gasteiger partial charge < -0.3 is 0 Å². The van der Waals surface area contributed by atoms with Gasteiger partial charge in [0.25, 0.3) is 0 Å². The summed E-state index contributed by atoms with van der Waals surface area (Å²) in [5.74, 6) is 0.0917. The average molecular weight is 246 g/mol. The summed E-state index contributed by atoms with van der Waals surface area (Å²) in [4.78, 5) is 21.1. The lowest BCUT2D eigenvalue weighted by molar-refractivity contribution is 0.0994. The number of rotatable bonds is 0. The van der Waals surface area contributed by atoms with Gasteiger partial charge in [0.15, 0.2) is 5.78 Å². The van der Waals surface area contributed by atoms with Gasteiger partial charge in [0.05, 0.1) is 22.5 Å². The minimum atomic E-state index is 0.0917. The van der Waals surface area contributed by atoms with Crippen LogP contribution in [0.3, 0.4) is 0 Å². The fraction of sp³-hybridized carbons (Fsp3) is 0.0625. The molecular weight excluding hydrogens is 236 g/mol. The van der Waals surface area contributed by atoms with E-state index < -0.39 is 0 Å². The van der Waals surface area contributed by atoms with Crippen molar-refractivity contribution in [2.75, 3.05) is 0 Å². The SMILES string of the molecule is O=C1CC=Cc2nccc3c4ccccc4nc-3c21. The molecule has 2 heterocycles. The minimum Gasteiger partial charge on any atom is -0.294 e. The number of aromatic nitrogens is 2. The Balaban J connectivity index is 2.19. The van der Waals surface area contributed by atoms with Crippen molar-refractivity contribution in [1.82, 2.24) is 9.97 Å².